The second kappa shape index (κ2) is 7.41. The van der Waals surface area contributed by atoms with Crippen LogP contribution in [0, 0.1) is 0 Å². The number of nitrogens with one attached hydrogen (secondary N) is 1. The van der Waals surface area contributed by atoms with Crippen molar-refractivity contribution in [3.05, 3.63) is 0 Å². The largest absolute Gasteiger partial charge is 0.480 e. The molecule has 0 radical (unpaired) electrons. The smallest absolute Gasteiger partial charge is 0.317 e. The van der Waals surface area contributed by atoms with Crippen LogP contribution in [-0.2, 0) is 14.8 Å². The zero-order valence-corrected chi connectivity index (χ0v) is 11.9. The van der Waals surface area contributed by atoms with Gasteiger partial charge in [0.05, 0.1) is 12.3 Å². The highest BCUT2D eigenvalue weighted by molar-refractivity contribution is 7.89. The molecular weight excluding hydrogens is 288 g/mol. The van der Waals surface area contributed by atoms with Crippen LogP contribution in [0.1, 0.15) is 6.42 Å². The fraction of sp³-hybridized carbons (Fsp3) is 0.800. The summed E-state index contributed by atoms with van der Waals surface area (Å²) in [5, 5.41) is 16.1. The van der Waals surface area contributed by atoms with Gasteiger partial charge in [0.25, 0.3) is 0 Å². The molecule has 0 spiro atoms. The predicted molar refractivity (Wildman–Crippen MR) is 71.6 cm³/mol. The third-order valence-electron chi connectivity index (χ3n) is 2.90. The maximum Gasteiger partial charge on any atom is 0.317 e. The number of carbonyl (C=O) groups is 2. The SMILES string of the molecule is NS(=O)(=O)CCCNC(=O)N1CCN(CC(=O)O)CC1. The van der Waals surface area contributed by atoms with Crippen LogP contribution < -0.4 is 10.5 Å². The second-order valence-electron chi connectivity index (χ2n) is 4.61. The van der Waals surface area contributed by atoms with Gasteiger partial charge in [0.2, 0.25) is 10.0 Å². The lowest BCUT2D eigenvalue weighted by Crippen LogP contribution is -2.52. The fourth-order valence-corrected chi connectivity index (χ4v) is 2.43. The molecule has 1 aliphatic heterocycles. The molecule has 1 rings (SSSR count). The van der Waals surface area contributed by atoms with Gasteiger partial charge in [-0.25, -0.2) is 18.4 Å². The Morgan fingerprint density at radius 3 is 2.30 bits per heavy atom. The van der Waals surface area contributed by atoms with Gasteiger partial charge in [-0.05, 0) is 6.42 Å². The number of carboxylic acid groups (broad SMARTS) is 1. The molecule has 0 atom stereocenters. The monoisotopic (exact) mass is 308 g/mol. The number of sulfonamides is 1. The molecule has 20 heavy (non-hydrogen) atoms. The summed E-state index contributed by atoms with van der Waals surface area (Å²) >= 11 is 0. The fourth-order valence-electron chi connectivity index (χ4n) is 1.88. The number of urea groups is 1. The van der Waals surface area contributed by atoms with Gasteiger partial charge in [-0.2, -0.15) is 0 Å². The van der Waals surface area contributed by atoms with E-state index in [-0.39, 0.29) is 31.3 Å². The Hall–Kier alpha value is -1.39. The van der Waals surface area contributed by atoms with Crippen LogP contribution in [0.15, 0.2) is 0 Å². The van der Waals surface area contributed by atoms with E-state index in [2.05, 4.69) is 5.32 Å². The van der Waals surface area contributed by atoms with Crippen molar-refractivity contribution in [2.45, 2.75) is 6.42 Å². The van der Waals surface area contributed by atoms with Crippen molar-refractivity contribution >= 4 is 22.0 Å². The van der Waals surface area contributed by atoms with Gasteiger partial charge in [-0.3, -0.25) is 9.69 Å². The average molecular weight is 308 g/mol. The quantitative estimate of drug-likeness (QED) is 0.490. The van der Waals surface area contributed by atoms with E-state index in [1.54, 1.807) is 9.80 Å². The Morgan fingerprint density at radius 1 is 1.20 bits per heavy atom. The first-order valence-electron chi connectivity index (χ1n) is 6.25. The third-order valence-corrected chi connectivity index (χ3v) is 3.76. The van der Waals surface area contributed by atoms with Crippen LogP contribution in [0.4, 0.5) is 4.79 Å². The van der Waals surface area contributed by atoms with Gasteiger partial charge in [-0.15, -0.1) is 0 Å². The van der Waals surface area contributed by atoms with Crippen LogP contribution >= 0.6 is 0 Å². The molecule has 4 N–H and O–H groups in total. The minimum Gasteiger partial charge on any atom is -0.480 e. The van der Waals surface area contributed by atoms with Crippen molar-refractivity contribution in [1.29, 1.82) is 0 Å². The third kappa shape index (κ3) is 6.68. The van der Waals surface area contributed by atoms with E-state index in [4.69, 9.17) is 10.2 Å². The Kier molecular flexibility index (Phi) is 6.17. The Balaban J connectivity index is 2.21. The minimum atomic E-state index is -3.49. The van der Waals surface area contributed by atoms with Crippen LogP contribution in [0.3, 0.4) is 0 Å². The first-order chi connectivity index (χ1) is 9.28. The molecule has 1 saturated heterocycles. The number of primary sulfonamides is 1. The molecule has 0 aromatic rings. The summed E-state index contributed by atoms with van der Waals surface area (Å²) < 4.78 is 21.4. The molecule has 10 heteroatoms. The zero-order valence-electron chi connectivity index (χ0n) is 11.1. The molecule has 0 bridgehead atoms. The molecule has 1 fully saturated rings. The zero-order chi connectivity index (χ0) is 15.2. The van der Waals surface area contributed by atoms with Gasteiger partial charge >= 0.3 is 12.0 Å². The van der Waals surface area contributed by atoms with E-state index in [1.165, 1.54) is 0 Å². The summed E-state index contributed by atoms with van der Waals surface area (Å²) in [4.78, 5) is 25.6. The molecule has 0 aromatic carbocycles. The molecule has 116 valence electrons. The van der Waals surface area contributed by atoms with Crippen LogP contribution in [0.25, 0.3) is 0 Å². The maximum atomic E-state index is 11.8. The van der Waals surface area contributed by atoms with E-state index in [1.807, 2.05) is 0 Å². The molecule has 9 nitrogen and oxygen atoms in total. The summed E-state index contributed by atoms with van der Waals surface area (Å²) in [6, 6.07) is -0.269. The lowest BCUT2D eigenvalue weighted by atomic mass is 10.3. The maximum absolute atomic E-state index is 11.8. The number of piperazine rings is 1. The first kappa shape index (κ1) is 16.7. The molecular formula is C10H20N4O5S. The standard InChI is InChI=1S/C10H20N4O5S/c11-20(18,19)7-1-2-12-10(17)14-5-3-13(4-6-14)8-9(15)16/h1-8H2,(H,12,17)(H,15,16)(H2,11,18,19). The minimum absolute atomic E-state index is 0.0240. The number of hydrogen-bond donors (Lipinski definition) is 3. The van der Waals surface area contributed by atoms with Crippen LogP contribution in [0.2, 0.25) is 0 Å². The van der Waals surface area contributed by atoms with Crippen molar-refractivity contribution in [2.24, 2.45) is 5.14 Å². The normalized spacial score (nSPS) is 16.9. The summed E-state index contributed by atoms with van der Waals surface area (Å²) in [5.41, 5.74) is 0. The number of nitrogens with two attached hydrogens (primary N) is 1. The topological polar surface area (TPSA) is 133 Å². The Bertz CT molecular complexity index is 445. The van der Waals surface area contributed by atoms with E-state index < -0.39 is 16.0 Å². The van der Waals surface area contributed by atoms with Crippen LogP contribution in [-0.4, -0.2) is 80.3 Å². The summed E-state index contributed by atoms with van der Waals surface area (Å²) in [6.07, 6.45) is 0.267. The first-order valence-corrected chi connectivity index (χ1v) is 7.97. The highest BCUT2D eigenvalue weighted by atomic mass is 32.2. The van der Waals surface area contributed by atoms with Crippen molar-refractivity contribution in [2.75, 3.05) is 45.0 Å². The van der Waals surface area contributed by atoms with Crippen molar-refractivity contribution in [3.63, 3.8) is 0 Å². The van der Waals surface area contributed by atoms with E-state index in [0.29, 0.717) is 26.2 Å². The average Bonchev–Trinajstić information content (AvgIpc) is 2.33. The highest BCUT2D eigenvalue weighted by Gasteiger charge is 2.21. The van der Waals surface area contributed by atoms with E-state index in [0.717, 1.165) is 0 Å². The molecule has 1 aliphatic rings. The lowest BCUT2D eigenvalue weighted by Gasteiger charge is -2.33. The lowest BCUT2D eigenvalue weighted by molar-refractivity contribution is -0.138. The van der Waals surface area contributed by atoms with Crippen molar-refractivity contribution in [3.8, 4) is 0 Å². The van der Waals surface area contributed by atoms with Gasteiger partial charge in [0.1, 0.15) is 0 Å². The van der Waals surface area contributed by atoms with Gasteiger partial charge in [0, 0.05) is 32.7 Å². The number of rotatable bonds is 6. The van der Waals surface area contributed by atoms with Gasteiger partial charge < -0.3 is 15.3 Å². The second-order valence-corrected chi connectivity index (χ2v) is 6.34. The summed E-state index contributed by atoms with van der Waals surface area (Å²) in [6.45, 7) is 2.14. The Labute approximate surface area is 117 Å². The van der Waals surface area contributed by atoms with E-state index in [9.17, 15) is 18.0 Å². The molecule has 2 amide bonds. The van der Waals surface area contributed by atoms with E-state index >= 15 is 0 Å². The van der Waals surface area contributed by atoms with Crippen molar-refractivity contribution < 1.29 is 23.1 Å². The molecule has 0 aliphatic carbocycles. The number of aliphatic carboxylic acids is 1. The number of nitrogens with zero attached hydrogens (tertiary/aromatic N) is 2. The number of amides is 2. The van der Waals surface area contributed by atoms with Crippen LogP contribution in [0.5, 0.6) is 0 Å². The summed E-state index contributed by atoms with van der Waals surface area (Å²) in [5.74, 6) is -1.05. The predicted octanol–water partition coefficient (Wildman–Crippen LogP) is -1.92. The molecule has 0 saturated carbocycles. The Morgan fingerprint density at radius 2 is 1.80 bits per heavy atom. The number of carbonyl (C=O) groups excluding carboxylic acids is 1. The highest BCUT2D eigenvalue weighted by Crippen LogP contribution is 2.01. The van der Waals surface area contributed by atoms with Gasteiger partial charge in [-0.1, -0.05) is 0 Å². The number of carboxylic acids is 1. The van der Waals surface area contributed by atoms with Gasteiger partial charge in [0.15, 0.2) is 0 Å². The number of hydrogen-bond acceptors (Lipinski definition) is 5. The summed E-state index contributed by atoms with van der Waals surface area (Å²) in [7, 11) is -3.49. The molecule has 0 unspecified atom stereocenters. The van der Waals surface area contributed by atoms with Crippen molar-refractivity contribution in [1.82, 2.24) is 15.1 Å². The molecule has 0 aromatic heterocycles. The molecule has 1 heterocycles.